The molecule has 0 unspecified atom stereocenters. The van der Waals surface area contributed by atoms with Crippen LogP contribution in [0.4, 0.5) is 5.82 Å². The third-order valence-corrected chi connectivity index (χ3v) is 6.31. The second-order valence-electron chi connectivity index (χ2n) is 8.40. The SMILES string of the molecule is C=CC(=O)N1CCC[C@H]1c1nc(-c2ccc(OCc3ccc(OC)cc3)cc2)c2c(N)nccn12. The van der Waals surface area contributed by atoms with Gasteiger partial charge < -0.3 is 20.1 Å². The standard InChI is InChI=1S/C27H27N5O3/c1-3-23(33)31-15-4-5-22(31)27-30-24(25-26(28)29-14-16-32(25)27)19-8-12-21(13-9-19)35-17-18-6-10-20(34-2)11-7-18/h3,6-14,16,22H,1,4-5,15,17H2,2H3,(H2,28,29)/t22-/m0/s1. The Balaban J connectivity index is 1.43. The van der Waals surface area contributed by atoms with Crippen molar-refractivity contribution < 1.29 is 14.3 Å². The number of aromatic nitrogens is 3. The first-order valence-electron chi connectivity index (χ1n) is 11.5. The molecule has 2 aromatic heterocycles. The number of nitrogens with zero attached hydrogens (tertiary/aromatic N) is 4. The number of imidazole rings is 1. The predicted molar refractivity (Wildman–Crippen MR) is 134 cm³/mol. The third kappa shape index (κ3) is 4.30. The second-order valence-corrected chi connectivity index (χ2v) is 8.40. The Morgan fingerprint density at radius 3 is 2.63 bits per heavy atom. The van der Waals surface area contributed by atoms with Crippen LogP contribution < -0.4 is 15.2 Å². The highest BCUT2D eigenvalue weighted by Crippen LogP contribution is 2.36. The third-order valence-electron chi connectivity index (χ3n) is 6.31. The van der Waals surface area contributed by atoms with Crippen molar-refractivity contribution in [1.82, 2.24) is 19.3 Å². The highest BCUT2D eigenvalue weighted by molar-refractivity contribution is 5.88. The van der Waals surface area contributed by atoms with Crippen LogP contribution in [0, 0.1) is 0 Å². The number of rotatable bonds is 7. The van der Waals surface area contributed by atoms with E-state index < -0.39 is 0 Å². The Bertz CT molecular complexity index is 1360. The molecule has 35 heavy (non-hydrogen) atoms. The van der Waals surface area contributed by atoms with Gasteiger partial charge in [-0.15, -0.1) is 0 Å². The van der Waals surface area contributed by atoms with Crippen LogP contribution >= 0.6 is 0 Å². The minimum Gasteiger partial charge on any atom is -0.497 e. The van der Waals surface area contributed by atoms with E-state index in [0.29, 0.717) is 19.0 Å². The van der Waals surface area contributed by atoms with Gasteiger partial charge in [0.2, 0.25) is 5.91 Å². The number of likely N-dealkylation sites (tertiary alicyclic amines) is 1. The average molecular weight is 470 g/mol. The fourth-order valence-corrected chi connectivity index (χ4v) is 4.54. The highest BCUT2D eigenvalue weighted by Gasteiger charge is 2.33. The van der Waals surface area contributed by atoms with Gasteiger partial charge in [-0.25, -0.2) is 9.97 Å². The molecule has 4 aromatic rings. The van der Waals surface area contributed by atoms with Crippen molar-refractivity contribution in [2.45, 2.75) is 25.5 Å². The smallest absolute Gasteiger partial charge is 0.246 e. The molecule has 178 valence electrons. The molecule has 0 saturated carbocycles. The molecule has 1 aliphatic heterocycles. The molecule has 1 fully saturated rings. The lowest BCUT2D eigenvalue weighted by Gasteiger charge is -2.22. The Kier molecular flexibility index (Phi) is 6.10. The zero-order valence-corrected chi connectivity index (χ0v) is 19.6. The molecule has 2 N–H and O–H groups in total. The summed E-state index contributed by atoms with van der Waals surface area (Å²) in [6.07, 6.45) is 6.60. The Labute approximate surface area is 203 Å². The van der Waals surface area contributed by atoms with E-state index >= 15 is 0 Å². The molecule has 5 rings (SSSR count). The molecule has 0 bridgehead atoms. The minimum atomic E-state index is -0.143. The first-order chi connectivity index (χ1) is 17.1. The molecule has 0 radical (unpaired) electrons. The molecule has 1 amide bonds. The number of amides is 1. The van der Waals surface area contributed by atoms with Gasteiger partial charge in [0.1, 0.15) is 41.0 Å². The van der Waals surface area contributed by atoms with Gasteiger partial charge >= 0.3 is 0 Å². The molecule has 2 aromatic carbocycles. The summed E-state index contributed by atoms with van der Waals surface area (Å²) in [5.74, 6) is 2.63. The van der Waals surface area contributed by atoms with Crippen LogP contribution in [0.15, 0.2) is 73.6 Å². The summed E-state index contributed by atoms with van der Waals surface area (Å²) in [6.45, 7) is 4.78. The summed E-state index contributed by atoms with van der Waals surface area (Å²) < 4.78 is 13.1. The lowest BCUT2D eigenvalue weighted by Crippen LogP contribution is -2.29. The zero-order chi connectivity index (χ0) is 24.4. The Morgan fingerprint density at radius 2 is 1.91 bits per heavy atom. The van der Waals surface area contributed by atoms with E-state index in [1.54, 1.807) is 13.3 Å². The average Bonchev–Trinajstić information content (AvgIpc) is 3.53. The normalized spacial score (nSPS) is 15.3. The lowest BCUT2D eigenvalue weighted by atomic mass is 10.1. The van der Waals surface area contributed by atoms with E-state index in [2.05, 4.69) is 11.6 Å². The number of fused-ring (bicyclic) bond motifs is 1. The van der Waals surface area contributed by atoms with E-state index in [-0.39, 0.29) is 11.9 Å². The van der Waals surface area contributed by atoms with Gasteiger partial charge in [0, 0.05) is 24.5 Å². The minimum absolute atomic E-state index is 0.0915. The molecule has 3 heterocycles. The van der Waals surface area contributed by atoms with Crippen molar-refractivity contribution in [2.24, 2.45) is 0 Å². The maximum atomic E-state index is 12.4. The molecule has 0 spiro atoms. The molecule has 1 aliphatic rings. The van der Waals surface area contributed by atoms with Gasteiger partial charge in [-0.1, -0.05) is 18.7 Å². The van der Waals surface area contributed by atoms with E-state index in [1.165, 1.54) is 6.08 Å². The maximum absolute atomic E-state index is 12.4. The maximum Gasteiger partial charge on any atom is 0.246 e. The number of carbonyl (C=O) groups excluding carboxylic acids is 1. The highest BCUT2D eigenvalue weighted by atomic mass is 16.5. The van der Waals surface area contributed by atoms with Crippen molar-refractivity contribution in [1.29, 1.82) is 0 Å². The number of hydrogen-bond donors (Lipinski definition) is 1. The Hall–Kier alpha value is -4.33. The van der Waals surface area contributed by atoms with Crippen molar-refractivity contribution >= 4 is 17.2 Å². The van der Waals surface area contributed by atoms with Gasteiger partial charge in [0.05, 0.1) is 13.2 Å². The van der Waals surface area contributed by atoms with Gasteiger partial charge in [-0.05, 0) is 60.9 Å². The summed E-state index contributed by atoms with van der Waals surface area (Å²) >= 11 is 0. The van der Waals surface area contributed by atoms with Gasteiger partial charge in [-0.2, -0.15) is 0 Å². The quantitative estimate of drug-likeness (QED) is 0.403. The van der Waals surface area contributed by atoms with Gasteiger partial charge in [-0.3, -0.25) is 9.20 Å². The molecular formula is C27H27N5O3. The summed E-state index contributed by atoms with van der Waals surface area (Å²) in [6, 6.07) is 15.4. The fraction of sp³-hybridized carbons (Fsp3) is 0.222. The first-order valence-corrected chi connectivity index (χ1v) is 11.5. The number of methoxy groups -OCH3 is 1. The summed E-state index contributed by atoms with van der Waals surface area (Å²) in [7, 11) is 1.65. The van der Waals surface area contributed by atoms with Crippen LogP contribution in [0.25, 0.3) is 16.8 Å². The van der Waals surface area contributed by atoms with Crippen LogP contribution in [-0.2, 0) is 11.4 Å². The summed E-state index contributed by atoms with van der Waals surface area (Å²) in [5, 5.41) is 0. The van der Waals surface area contributed by atoms with Crippen molar-refractivity contribution in [3.8, 4) is 22.8 Å². The predicted octanol–water partition coefficient (Wildman–Crippen LogP) is 4.42. The van der Waals surface area contributed by atoms with E-state index in [9.17, 15) is 4.79 Å². The second kappa shape index (κ2) is 9.50. The monoisotopic (exact) mass is 469 g/mol. The number of carbonyl (C=O) groups is 1. The van der Waals surface area contributed by atoms with Crippen LogP contribution in [-0.4, -0.2) is 38.8 Å². The largest absolute Gasteiger partial charge is 0.497 e. The lowest BCUT2D eigenvalue weighted by molar-refractivity contribution is -0.127. The van der Waals surface area contributed by atoms with Crippen LogP contribution in [0.3, 0.4) is 0 Å². The van der Waals surface area contributed by atoms with Crippen molar-refractivity contribution in [2.75, 3.05) is 19.4 Å². The molecule has 1 atom stereocenters. The molecule has 8 heteroatoms. The van der Waals surface area contributed by atoms with E-state index in [0.717, 1.165) is 52.5 Å². The van der Waals surface area contributed by atoms with E-state index in [4.69, 9.17) is 20.2 Å². The van der Waals surface area contributed by atoms with Crippen LogP contribution in [0.5, 0.6) is 11.5 Å². The molecule has 0 aliphatic carbocycles. The summed E-state index contributed by atoms with van der Waals surface area (Å²) in [5.41, 5.74) is 9.69. The number of nitrogens with two attached hydrogens (primary N) is 1. The van der Waals surface area contributed by atoms with Gasteiger partial charge in [0.15, 0.2) is 0 Å². The van der Waals surface area contributed by atoms with Crippen molar-refractivity contribution in [3.63, 3.8) is 0 Å². The zero-order valence-electron chi connectivity index (χ0n) is 19.6. The Morgan fingerprint density at radius 1 is 1.17 bits per heavy atom. The molecule has 8 nitrogen and oxygen atoms in total. The van der Waals surface area contributed by atoms with Gasteiger partial charge in [0.25, 0.3) is 0 Å². The number of ether oxygens (including phenoxy) is 2. The first kappa shape index (κ1) is 22.5. The van der Waals surface area contributed by atoms with Crippen LogP contribution in [0.2, 0.25) is 0 Å². The number of anilines is 1. The fourth-order valence-electron chi connectivity index (χ4n) is 4.54. The number of nitrogen functional groups attached to an aromatic ring is 1. The van der Waals surface area contributed by atoms with E-state index in [1.807, 2.05) is 64.0 Å². The number of benzene rings is 2. The molecule has 1 saturated heterocycles. The van der Waals surface area contributed by atoms with Crippen LogP contribution in [0.1, 0.15) is 30.3 Å². The van der Waals surface area contributed by atoms with Crippen molar-refractivity contribution in [3.05, 3.63) is 85.0 Å². The topological polar surface area (TPSA) is 95.0 Å². The summed E-state index contributed by atoms with van der Waals surface area (Å²) in [4.78, 5) is 23.5. The number of hydrogen-bond acceptors (Lipinski definition) is 6. The molecular weight excluding hydrogens is 442 g/mol.